The maximum Gasteiger partial charge on any atom is 0.260 e. The normalized spacial score (nSPS) is 13.8. The maximum atomic E-state index is 13.1. The molecule has 0 radical (unpaired) electrons. The molecule has 1 aliphatic rings. The van der Waals surface area contributed by atoms with Crippen LogP contribution in [0.25, 0.3) is 0 Å². The minimum Gasteiger partial charge on any atom is -0.484 e. The highest BCUT2D eigenvalue weighted by atomic mass is 19.1. The summed E-state index contributed by atoms with van der Waals surface area (Å²) in [6.45, 7) is 1.42. The summed E-state index contributed by atoms with van der Waals surface area (Å²) in [6, 6.07) is 14.2. The first kappa shape index (κ1) is 18.4. The van der Waals surface area contributed by atoms with E-state index in [1.807, 2.05) is 6.07 Å². The average Bonchev–Trinajstić information content (AvgIpc) is 2.71. The summed E-state index contributed by atoms with van der Waals surface area (Å²) in [5.41, 5.74) is 0.896. The molecule has 2 aromatic rings. The van der Waals surface area contributed by atoms with Crippen molar-refractivity contribution in [1.29, 1.82) is 5.26 Å². The Morgan fingerprint density at radius 3 is 2.44 bits per heavy atom. The van der Waals surface area contributed by atoms with Crippen LogP contribution in [0.1, 0.15) is 15.9 Å². The van der Waals surface area contributed by atoms with Gasteiger partial charge >= 0.3 is 0 Å². The summed E-state index contributed by atoms with van der Waals surface area (Å²) in [6.07, 6.45) is 0. The highest BCUT2D eigenvalue weighted by Crippen LogP contribution is 2.13. The lowest BCUT2D eigenvalue weighted by Crippen LogP contribution is -2.51. The van der Waals surface area contributed by atoms with Gasteiger partial charge in [0.05, 0.1) is 11.6 Å². The Morgan fingerprint density at radius 2 is 1.74 bits per heavy atom. The van der Waals surface area contributed by atoms with Gasteiger partial charge in [0.2, 0.25) is 0 Å². The lowest BCUT2D eigenvalue weighted by Gasteiger charge is -2.34. The number of benzene rings is 2. The first-order valence-electron chi connectivity index (χ1n) is 8.52. The molecule has 0 N–H and O–H groups in total. The van der Waals surface area contributed by atoms with E-state index in [2.05, 4.69) is 0 Å². The summed E-state index contributed by atoms with van der Waals surface area (Å²) in [5.74, 6) is -0.491. The molecule has 1 fully saturated rings. The van der Waals surface area contributed by atoms with Gasteiger partial charge in [-0.2, -0.15) is 5.26 Å². The van der Waals surface area contributed by atoms with Gasteiger partial charge in [0.15, 0.2) is 6.61 Å². The molecule has 27 heavy (non-hydrogen) atoms. The van der Waals surface area contributed by atoms with Gasteiger partial charge in [0, 0.05) is 37.8 Å². The van der Waals surface area contributed by atoms with Crippen molar-refractivity contribution in [3.05, 3.63) is 65.5 Å². The molecular weight excluding hydrogens is 349 g/mol. The van der Waals surface area contributed by atoms with E-state index >= 15 is 0 Å². The molecule has 0 saturated carbocycles. The number of amides is 2. The Hall–Kier alpha value is -3.40. The van der Waals surface area contributed by atoms with Gasteiger partial charge in [-0.05, 0) is 30.3 Å². The second-order valence-corrected chi connectivity index (χ2v) is 6.11. The van der Waals surface area contributed by atoms with Gasteiger partial charge in [0.25, 0.3) is 11.8 Å². The molecule has 1 aliphatic heterocycles. The molecule has 0 aromatic heterocycles. The van der Waals surface area contributed by atoms with Gasteiger partial charge in [-0.15, -0.1) is 0 Å². The quantitative estimate of drug-likeness (QED) is 0.829. The maximum absolute atomic E-state index is 13.1. The second-order valence-electron chi connectivity index (χ2n) is 6.11. The number of nitriles is 1. The van der Waals surface area contributed by atoms with Crippen LogP contribution >= 0.6 is 0 Å². The van der Waals surface area contributed by atoms with Gasteiger partial charge in [-0.1, -0.05) is 12.1 Å². The number of carbonyl (C=O) groups excluding carboxylic acids is 2. The van der Waals surface area contributed by atoms with E-state index in [0.29, 0.717) is 43.1 Å². The second kappa shape index (κ2) is 8.32. The fraction of sp³-hybridized carbons (Fsp3) is 0.250. The number of nitrogens with zero attached hydrogens (tertiary/aromatic N) is 3. The molecule has 0 unspecified atom stereocenters. The van der Waals surface area contributed by atoms with E-state index in [4.69, 9.17) is 10.00 Å². The molecule has 0 spiro atoms. The number of halogens is 1. The Balaban J connectivity index is 1.51. The van der Waals surface area contributed by atoms with Crippen LogP contribution in [0.15, 0.2) is 48.5 Å². The molecule has 6 nitrogen and oxygen atoms in total. The lowest BCUT2D eigenvalue weighted by molar-refractivity contribution is -0.134. The number of carbonyl (C=O) groups is 2. The summed E-state index contributed by atoms with van der Waals surface area (Å²) in [5, 5.41) is 8.95. The zero-order valence-corrected chi connectivity index (χ0v) is 14.6. The van der Waals surface area contributed by atoms with Gasteiger partial charge in [-0.3, -0.25) is 9.59 Å². The fourth-order valence-corrected chi connectivity index (χ4v) is 2.86. The van der Waals surface area contributed by atoms with Crippen LogP contribution in [-0.4, -0.2) is 54.4 Å². The van der Waals surface area contributed by atoms with Crippen molar-refractivity contribution in [3.8, 4) is 11.8 Å². The van der Waals surface area contributed by atoms with Crippen molar-refractivity contribution in [2.45, 2.75) is 0 Å². The minimum atomic E-state index is -0.424. The van der Waals surface area contributed by atoms with Crippen molar-refractivity contribution in [2.24, 2.45) is 0 Å². The Bertz CT molecular complexity index is 886. The number of ether oxygens (including phenoxy) is 1. The van der Waals surface area contributed by atoms with E-state index in [1.54, 1.807) is 40.1 Å². The van der Waals surface area contributed by atoms with Crippen LogP contribution in [0.3, 0.4) is 0 Å². The van der Waals surface area contributed by atoms with Crippen molar-refractivity contribution in [1.82, 2.24) is 9.80 Å². The topological polar surface area (TPSA) is 73.6 Å². The van der Waals surface area contributed by atoms with E-state index in [9.17, 15) is 14.0 Å². The first-order chi connectivity index (χ1) is 13.1. The zero-order chi connectivity index (χ0) is 19.2. The molecule has 2 amide bonds. The molecule has 7 heteroatoms. The third-order valence-corrected chi connectivity index (χ3v) is 4.32. The van der Waals surface area contributed by atoms with Gasteiger partial charge in [0.1, 0.15) is 11.6 Å². The third kappa shape index (κ3) is 4.61. The van der Waals surface area contributed by atoms with E-state index in [1.165, 1.54) is 18.2 Å². The smallest absolute Gasteiger partial charge is 0.260 e. The fourth-order valence-electron chi connectivity index (χ4n) is 2.86. The highest BCUT2D eigenvalue weighted by Gasteiger charge is 2.25. The highest BCUT2D eigenvalue weighted by molar-refractivity contribution is 5.94. The average molecular weight is 367 g/mol. The standard InChI is InChI=1S/C20H18FN3O3/c21-17-5-2-6-18(12-17)27-14-19(25)23-7-9-24(10-8-23)20(26)16-4-1-3-15(11-16)13-22/h1-6,11-12H,7-10,14H2. The van der Waals surface area contributed by atoms with E-state index < -0.39 is 5.82 Å². The summed E-state index contributed by atoms with van der Waals surface area (Å²) in [7, 11) is 0. The summed E-state index contributed by atoms with van der Waals surface area (Å²) >= 11 is 0. The minimum absolute atomic E-state index is 0.157. The lowest BCUT2D eigenvalue weighted by atomic mass is 10.1. The number of hydrogen-bond donors (Lipinski definition) is 0. The predicted octanol–water partition coefficient (Wildman–Crippen LogP) is 2.06. The number of rotatable bonds is 4. The first-order valence-corrected chi connectivity index (χ1v) is 8.52. The predicted molar refractivity (Wildman–Crippen MR) is 95.5 cm³/mol. The van der Waals surface area contributed by atoms with Crippen LogP contribution in [-0.2, 0) is 4.79 Å². The monoisotopic (exact) mass is 367 g/mol. The molecule has 1 saturated heterocycles. The number of piperazine rings is 1. The molecule has 0 bridgehead atoms. The molecule has 2 aromatic carbocycles. The zero-order valence-electron chi connectivity index (χ0n) is 14.6. The molecule has 138 valence electrons. The van der Waals surface area contributed by atoms with Crippen molar-refractivity contribution >= 4 is 11.8 Å². The third-order valence-electron chi connectivity index (χ3n) is 4.32. The van der Waals surface area contributed by atoms with Crippen LogP contribution in [0.4, 0.5) is 4.39 Å². The number of hydrogen-bond acceptors (Lipinski definition) is 4. The Labute approximate surface area is 156 Å². The van der Waals surface area contributed by atoms with Gasteiger partial charge < -0.3 is 14.5 Å². The molecule has 0 aliphatic carbocycles. The summed E-state index contributed by atoms with van der Waals surface area (Å²) < 4.78 is 18.5. The van der Waals surface area contributed by atoms with Crippen LogP contribution in [0.2, 0.25) is 0 Å². The van der Waals surface area contributed by atoms with Crippen molar-refractivity contribution in [2.75, 3.05) is 32.8 Å². The van der Waals surface area contributed by atoms with Crippen LogP contribution in [0, 0.1) is 17.1 Å². The molecule has 3 rings (SSSR count). The Morgan fingerprint density at radius 1 is 1.04 bits per heavy atom. The SMILES string of the molecule is N#Cc1cccc(C(=O)N2CCN(C(=O)COc3cccc(F)c3)CC2)c1. The van der Waals surface area contributed by atoms with Crippen molar-refractivity contribution in [3.63, 3.8) is 0 Å². The Kier molecular flexibility index (Phi) is 5.67. The van der Waals surface area contributed by atoms with Crippen molar-refractivity contribution < 1.29 is 18.7 Å². The largest absolute Gasteiger partial charge is 0.484 e. The molecule has 0 atom stereocenters. The molecular formula is C20H18FN3O3. The summed E-state index contributed by atoms with van der Waals surface area (Å²) in [4.78, 5) is 28.1. The molecule has 1 heterocycles. The van der Waals surface area contributed by atoms with E-state index in [-0.39, 0.29) is 18.4 Å². The van der Waals surface area contributed by atoms with Gasteiger partial charge in [-0.25, -0.2) is 4.39 Å². The van der Waals surface area contributed by atoms with Crippen LogP contribution in [0.5, 0.6) is 5.75 Å². The van der Waals surface area contributed by atoms with E-state index in [0.717, 1.165) is 0 Å². The van der Waals surface area contributed by atoms with Crippen LogP contribution < -0.4 is 4.74 Å².